The Balaban J connectivity index is 2.12. The molecule has 7 heteroatoms. The van der Waals surface area contributed by atoms with Crippen molar-refractivity contribution in [2.24, 2.45) is 4.99 Å². The number of aliphatic imine (C=N–C) groups is 1. The van der Waals surface area contributed by atoms with Gasteiger partial charge in [-0.2, -0.15) is 0 Å². The molecule has 1 aromatic heterocycles. The van der Waals surface area contributed by atoms with Crippen LogP contribution in [0.2, 0.25) is 0 Å². The Kier molecular flexibility index (Phi) is 7.28. The first-order valence-corrected chi connectivity index (χ1v) is 7.43. The van der Waals surface area contributed by atoms with Crippen molar-refractivity contribution >= 4 is 12.1 Å². The van der Waals surface area contributed by atoms with E-state index in [4.69, 9.17) is 4.74 Å². The summed E-state index contributed by atoms with van der Waals surface area (Å²) in [6, 6.07) is 3.99. The summed E-state index contributed by atoms with van der Waals surface area (Å²) in [4.78, 5) is 15.6. The topological polar surface area (TPSA) is 79.7 Å². The van der Waals surface area contributed by atoms with Gasteiger partial charge in [0.25, 0.3) is 0 Å². The third kappa shape index (κ3) is 8.18. The van der Waals surface area contributed by atoms with Gasteiger partial charge >= 0.3 is 6.09 Å². The van der Waals surface area contributed by atoms with Crippen LogP contribution in [-0.2, 0) is 11.3 Å². The fourth-order valence-electron chi connectivity index (χ4n) is 1.70. The largest absolute Gasteiger partial charge is 0.444 e. The first-order chi connectivity index (χ1) is 10.4. The maximum Gasteiger partial charge on any atom is 0.407 e. The summed E-state index contributed by atoms with van der Waals surface area (Å²) in [6.45, 7) is 8.18. The van der Waals surface area contributed by atoms with E-state index in [0.717, 1.165) is 13.1 Å². The number of rotatable bonds is 6. The van der Waals surface area contributed by atoms with E-state index in [2.05, 4.69) is 25.5 Å². The summed E-state index contributed by atoms with van der Waals surface area (Å²) in [5, 5.41) is 9.02. The van der Waals surface area contributed by atoms with Crippen LogP contribution in [0.4, 0.5) is 4.79 Å². The number of guanidine groups is 1. The maximum absolute atomic E-state index is 11.5. The van der Waals surface area contributed by atoms with E-state index in [0.29, 0.717) is 19.0 Å². The highest BCUT2D eigenvalue weighted by molar-refractivity contribution is 5.79. The van der Waals surface area contributed by atoms with Crippen LogP contribution in [0.3, 0.4) is 0 Å². The molecule has 124 valence electrons. The molecule has 0 bridgehead atoms. The number of nitrogens with zero attached hydrogens (tertiary/aromatic N) is 2. The molecule has 1 rings (SSSR count). The number of carbonyl (C=O) groups excluding carboxylic acids is 1. The molecule has 0 aliphatic rings. The van der Waals surface area contributed by atoms with Crippen LogP contribution in [0.5, 0.6) is 0 Å². The molecule has 0 fully saturated rings. The van der Waals surface area contributed by atoms with Crippen LogP contribution in [-0.4, -0.2) is 48.9 Å². The quantitative estimate of drug-likeness (QED) is 0.419. The predicted octanol–water partition coefficient (Wildman–Crippen LogP) is 1.18. The number of alkyl carbamates (subject to hydrolysis) is 1. The molecule has 0 aromatic carbocycles. The second-order valence-corrected chi connectivity index (χ2v) is 5.78. The average molecular weight is 309 g/mol. The molecule has 1 amide bonds. The van der Waals surface area contributed by atoms with Crippen molar-refractivity contribution in [2.45, 2.75) is 32.9 Å². The van der Waals surface area contributed by atoms with E-state index in [1.807, 2.05) is 45.3 Å². The molecule has 0 spiro atoms. The standard InChI is InChI=1S/C15H27N5O2/c1-15(2,3)22-14(21)19-8-7-17-13(16-4)18-9-12-20-10-5-6-11-20/h5-6,10-11H,7-9,12H2,1-4H3,(H,19,21)(H2,16,17,18). The normalized spacial score (nSPS) is 11.9. The fraction of sp³-hybridized carbons (Fsp3) is 0.600. The molecule has 3 N–H and O–H groups in total. The van der Waals surface area contributed by atoms with Crippen LogP contribution >= 0.6 is 0 Å². The average Bonchev–Trinajstić information content (AvgIpc) is 2.92. The Labute approximate surface area is 132 Å². The van der Waals surface area contributed by atoms with Gasteiger partial charge in [-0.3, -0.25) is 4.99 Å². The van der Waals surface area contributed by atoms with Crippen molar-refractivity contribution < 1.29 is 9.53 Å². The van der Waals surface area contributed by atoms with Gasteiger partial charge in [0.15, 0.2) is 5.96 Å². The zero-order chi connectivity index (χ0) is 16.4. The Morgan fingerprint density at radius 2 is 1.68 bits per heavy atom. The van der Waals surface area contributed by atoms with Gasteiger partial charge in [0.1, 0.15) is 5.60 Å². The van der Waals surface area contributed by atoms with Crippen molar-refractivity contribution in [2.75, 3.05) is 26.7 Å². The van der Waals surface area contributed by atoms with Crippen LogP contribution < -0.4 is 16.0 Å². The van der Waals surface area contributed by atoms with Gasteiger partial charge in [0.05, 0.1) is 0 Å². The van der Waals surface area contributed by atoms with E-state index >= 15 is 0 Å². The molecule has 1 heterocycles. The fourth-order valence-corrected chi connectivity index (χ4v) is 1.70. The third-order valence-electron chi connectivity index (χ3n) is 2.64. The summed E-state index contributed by atoms with van der Waals surface area (Å²) in [5.41, 5.74) is -0.479. The van der Waals surface area contributed by atoms with Gasteiger partial charge in [-0.05, 0) is 32.9 Å². The molecule has 0 atom stereocenters. The minimum atomic E-state index is -0.479. The lowest BCUT2D eigenvalue weighted by atomic mass is 10.2. The molecule has 0 radical (unpaired) electrons. The number of hydrogen-bond donors (Lipinski definition) is 3. The zero-order valence-electron chi connectivity index (χ0n) is 13.8. The lowest BCUT2D eigenvalue weighted by molar-refractivity contribution is 0.0529. The van der Waals surface area contributed by atoms with Gasteiger partial charge in [0, 0.05) is 45.6 Å². The highest BCUT2D eigenvalue weighted by atomic mass is 16.6. The van der Waals surface area contributed by atoms with Gasteiger partial charge < -0.3 is 25.3 Å². The van der Waals surface area contributed by atoms with E-state index in [9.17, 15) is 4.79 Å². The Hall–Kier alpha value is -2.18. The van der Waals surface area contributed by atoms with E-state index in [1.54, 1.807) is 7.05 Å². The smallest absolute Gasteiger partial charge is 0.407 e. The van der Waals surface area contributed by atoms with Gasteiger partial charge in [-0.15, -0.1) is 0 Å². The van der Waals surface area contributed by atoms with Crippen LogP contribution in [0.25, 0.3) is 0 Å². The lowest BCUT2D eigenvalue weighted by Gasteiger charge is -2.20. The number of hydrogen-bond acceptors (Lipinski definition) is 3. The molecule has 0 unspecified atom stereocenters. The van der Waals surface area contributed by atoms with E-state index < -0.39 is 11.7 Å². The number of aromatic nitrogens is 1. The second-order valence-electron chi connectivity index (χ2n) is 5.78. The Morgan fingerprint density at radius 1 is 1.09 bits per heavy atom. The first-order valence-electron chi connectivity index (χ1n) is 7.43. The highest BCUT2D eigenvalue weighted by Gasteiger charge is 2.15. The number of nitrogens with one attached hydrogen (secondary N) is 3. The Morgan fingerprint density at radius 3 is 2.27 bits per heavy atom. The summed E-state index contributed by atoms with van der Waals surface area (Å²) in [7, 11) is 1.71. The molecular formula is C15H27N5O2. The molecule has 0 aliphatic heterocycles. The molecular weight excluding hydrogens is 282 g/mol. The van der Waals surface area contributed by atoms with Crippen molar-refractivity contribution in [1.29, 1.82) is 0 Å². The predicted molar refractivity (Wildman–Crippen MR) is 88.0 cm³/mol. The second kappa shape index (κ2) is 8.96. The van der Waals surface area contributed by atoms with E-state index in [-0.39, 0.29) is 0 Å². The summed E-state index contributed by atoms with van der Waals surface area (Å²) in [6.07, 6.45) is 3.62. The maximum atomic E-state index is 11.5. The van der Waals surface area contributed by atoms with E-state index in [1.165, 1.54) is 0 Å². The summed E-state index contributed by atoms with van der Waals surface area (Å²) in [5.74, 6) is 0.707. The molecule has 22 heavy (non-hydrogen) atoms. The molecule has 1 aromatic rings. The molecule has 0 aliphatic carbocycles. The van der Waals surface area contributed by atoms with Crippen molar-refractivity contribution in [1.82, 2.24) is 20.5 Å². The van der Waals surface area contributed by atoms with Crippen LogP contribution in [0, 0.1) is 0 Å². The van der Waals surface area contributed by atoms with Gasteiger partial charge in [0.2, 0.25) is 0 Å². The summed E-state index contributed by atoms with van der Waals surface area (Å²) >= 11 is 0. The van der Waals surface area contributed by atoms with Crippen molar-refractivity contribution in [3.63, 3.8) is 0 Å². The number of ether oxygens (including phenoxy) is 1. The van der Waals surface area contributed by atoms with Gasteiger partial charge in [-0.1, -0.05) is 0 Å². The van der Waals surface area contributed by atoms with Crippen LogP contribution in [0.1, 0.15) is 20.8 Å². The third-order valence-corrected chi connectivity index (χ3v) is 2.64. The zero-order valence-corrected chi connectivity index (χ0v) is 13.8. The van der Waals surface area contributed by atoms with Crippen LogP contribution in [0.15, 0.2) is 29.5 Å². The first kappa shape index (κ1) is 17.9. The SMILES string of the molecule is CN=C(NCCNC(=O)OC(C)(C)C)NCCn1cccc1. The van der Waals surface area contributed by atoms with Crippen molar-refractivity contribution in [3.8, 4) is 0 Å². The van der Waals surface area contributed by atoms with Gasteiger partial charge in [-0.25, -0.2) is 4.79 Å². The minimum absolute atomic E-state index is 0.412. The number of amides is 1. The molecule has 0 saturated carbocycles. The summed E-state index contributed by atoms with van der Waals surface area (Å²) < 4.78 is 7.24. The van der Waals surface area contributed by atoms with Crippen molar-refractivity contribution in [3.05, 3.63) is 24.5 Å². The highest BCUT2D eigenvalue weighted by Crippen LogP contribution is 2.05. The Bertz CT molecular complexity index is 463. The minimum Gasteiger partial charge on any atom is -0.444 e. The molecule has 7 nitrogen and oxygen atoms in total. The monoisotopic (exact) mass is 309 g/mol. The number of carbonyl (C=O) groups is 1. The molecule has 0 saturated heterocycles. The lowest BCUT2D eigenvalue weighted by Crippen LogP contribution is -2.43.